The van der Waals surface area contributed by atoms with Crippen molar-refractivity contribution < 1.29 is 18.7 Å². The summed E-state index contributed by atoms with van der Waals surface area (Å²) in [5.41, 5.74) is 0.720. The standard InChI is InChI=1S/C15H15N3O4/c19-13(9-3-1-2-4-9)16-15-18-17-14(22-15)10-5-6-11-12(7-10)21-8-20-11/h5-7,9H,1-4,8H2,(H,16,18,19). The Morgan fingerprint density at radius 2 is 1.95 bits per heavy atom. The molecular formula is C15H15N3O4. The van der Waals surface area contributed by atoms with Gasteiger partial charge in [0.25, 0.3) is 0 Å². The molecule has 7 heteroatoms. The van der Waals surface area contributed by atoms with Crippen molar-refractivity contribution in [3.63, 3.8) is 0 Å². The number of hydrogen-bond acceptors (Lipinski definition) is 6. The average Bonchev–Trinajstić information content (AvgIpc) is 3.27. The third-order valence-corrected chi connectivity index (χ3v) is 4.00. The fourth-order valence-electron chi connectivity index (χ4n) is 2.82. The molecular weight excluding hydrogens is 286 g/mol. The molecule has 2 aliphatic rings. The minimum absolute atomic E-state index is 0.0432. The zero-order valence-electron chi connectivity index (χ0n) is 11.9. The third-order valence-electron chi connectivity index (χ3n) is 4.00. The molecule has 0 bridgehead atoms. The van der Waals surface area contributed by atoms with E-state index in [0.29, 0.717) is 17.4 Å². The van der Waals surface area contributed by atoms with Crippen molar-refractivity contribution in [2.24, 2.45) is 5.92 Å². The van der Waals surface area contributed by atoms with Crippen LogP contribution in [0.1, 0.15) is 25.7 Å². The predicted molar refractivity (Wildman–Crippen MR) is 76.4 cm³/mol. The van der Waals surface area contributed by atoms with Crippen LogP contribution in [0.2, 0.25) is 0 Å². The van der Waals surface area contributed by atoms with Gasteiger partial charge in [-0.05, 0) is 31.0 Å². The minimum Gasteiger partial charge on any atom is -0.454 e. The number of anilines is 1. The second-order valence-electron chi connectivity index (χ2n) is 5.45. The van der Waals surface area contributed by atoms with E-state index in [1.165, 1.54) is 0 Å². The highest BCUT2D eigenvalue weighted by atomic mass is 16.7. The van der Waals surface area contributed by atoms with E-state index >= 15 is 0 Å². The summed E-state index contributed by atoms with van der Waals surface area (Å²) in [5.74, 6) is 1.68. The number of benzene rings is 1. The Balaban J connectivity index is 1.50. The lowest BCUT2D eigenvalue weighted by molar-refractivity contribution is -0.119. The van der Waals surface area contributed by atoms with Crippen molar-refractivity contribution in [2.45, 2.75) is 25.7 Å². The van der Waals surface area contributed by atoms with Crippen molar-refractivity contribution in [3.05, 3.63) is 18.2 Å². The smallest absolute Gasteiger partial charge is 0.322 e. The van der Waals surface area contributed by atoms with E-state index in [-0.39, 0.29) is 24.6 Å². The lowest BCUT2D eigenvalue weighted by Gasteiger charge is -2.06. The summed E-state index contributed by atoms with van der Waals surface area (Å²) in [6, 6.07) is 5.50. The van der Waals surface area contributed by atoms with E-state index in [0.717, 1.165) is 31.2 Å². The molecule has 0 spiro atoms. The summed E-state index contributed by atoms with van der Waals surface area (Å²) in [4.78, 5) is 12.0. The Morgan fingerprint density at radius 1 is 1.14 bits per heavy atom. The van der Waals surface area contributed by atoms with Gasteiger partial charge in [-0.1, -0.05) is 17.9 Å². The first-order valence-electron chi connectivity index (χ1n) is 7.34. The Bertz CT molecular complexity index is 707. The molecule has 1 aliphatic heterocycles. The average molecular weight is 301 g/mol. The van der Waals surface area contributed by atoms with Gasteiger partial charge in [0, 0.05) is 11.5 Å². The van der Waals surface area contributed by atoms with Crippen LogP contribution in [-0.4, -0.2) is 22.9 Å². The van der Waals surface area contributed by atoms with Crippen LogP contribution in [0.4, 0.5) is 6.01 Å². The number of amides is 1. The highest BCUT2D eigenvalue weighted by Gasteiger charge is 2.24. The molecule has 1 saturated carbocycles. The molecule has 1 aromatic heterocycles. The third kappa shape index (κ3) is 2.38. The van der Waals surface area contributed by atoms with Crippen LogP contribution in [-0.2, 0) is 4.79 Å². The molecule has 2 aromatic rings. The highest BCUT2D eigenvalue weighted by molar-refractivity contribution is 5.90. The van der Waals surface area contributed by atoms with Crippen LogP contribution in [0, 0.1) is 5.92 Å². The first-order chi connectivity index (χ1) is 10.8. The Labute approximate surface area is 126 Å². The molecule has 1 aliphatic carbocycles. The number of aromatic nitrogens is 2. The molecule has 114 valence electrons. The van der Waals surface area contributed by atoms with Crippen molar-refractivity contribution in [1.29, 1.82) is 0 Å². The van der Waals surface area contributed by atoms with Crippen LogP contribution in [0.3, 0.4) is 0 Å². The van der Waals surface area contributed by atoms with Gasteiger partial charge in [0.1, 0.15) is 0 Å². The summed E-state index contributed by atoms with van der Waals surface area (Å²) < 4.78 is 16.1. The second kappa shape index (κ2) is 5.32. The Hall–Kier alpha value is -2.57. The number of carbonyl (C=O) groups excluding carboxylic acids is 1. The number of ether oxygens (including phenoxy) is 2. The summed E-state index contributed by atoms with van der Waals surface area (Å²) in [7, 11) is 0. The van der Waals surface area contributed by atoms with E-state index < -0.39 is 0 Å². The number of nitrogens with zero attached hydrogens (tertiary/aromatic N) is 2. The molecule has 0 unspecified atom stereocenters. The van der Waals surface area contributed by atoms with Crippen molar-refractivity contribution in [1.82, 2.24) is 10.2 Å². The van der Waals surface area contributed by atoms with Gasteiger partial charge in [-0.15, -0.1) is 5.10 Å². The zero-order valence-corrected chi connectivity index (χ0v) is 11.9. The molecule has 22 heavy (non-hydrogen) atoms. The first-order valence-corrected chi connectivity index (χ1v) is 7.34. The molecule has 0 radical (unpaired) electrons. The second-order valence-corrected chi connectivity index (χ2v) is 5.45. The van der Waals surface area contributed by atoms with Gasteiger partial charge in [-0.2, -0.15) is 0 Å². The lowest BCUT2D eigenvalue weighted by atomic mass is 10.1. The van der Waals surface area contributed by atoms with Gasteiger partial charge in [-0.3, -0.25) is 10.1 Å². The normalized spacial score (nSPS) is 16.9. The van der Waals surface area contributed by atoms with E-state index in [1.54, 1.807) is 12.1 Å². The quantitative estimate of drug-likeness (QED) is 0.937. The summed E-state index contributed by atoms with van der Waals surface area (Å²) in [6.45, 7) is 0.214. The molecule has 2 heterocycles. The van der Waals surface area contributed by atoms with Crippen molar-refractivity contribution >= 4 is 11.9 Å². The highest BCUT2D eigenvalue weighted by Crippen LogP contribution is 2.35. The van der Waals surface area contributed by atoms with Gasteiger partial charge >= 0.3 is 6.01 Å². The van der Waals surface area contributed by atoms with Crippen LogP contribution in [0.25, 0.3) is 11.5 Å². The minimum atomic E-state index is -0.0432. The van der Waals surface area contributed by atoms with Crippen LogP contribution >= 0.6 is 0 Å². The maximum Gasteiger partial charge on any atom is 0.322 e. The summed E-state index contributed by atoms with van der Waals surface area (Å²) in [5, 5.41) is 10.5. The molecule has 7 nitrogen and oxygen atoms in total. The van der Waals surface area contributed by atoms with Gasteiger partial charge in [0.15, 0.2) is 11.5 Å². The molecule has 4 rings (SSSR count). The maximum atomic E-state index is 12.0. The van der Waals surface area contributed by atoms with Gasteiger partial charge < -0.3 is 13.9 Å². The topological polar surface area (TPSA) is 86.5 Å². The zero-order chi connectivity index (χ0) is 14.9. The lowest BCUT2D eigenvalue weighted by Crippen LogP contribution is -2.20. The van der Waals surface area contributed by atoms with Crippen molar-refractivity contribution in [3.8, 4) is 23.0 Å². The van der Waals surface area contributed by atoms with E-state index in [2.05, 4.69) is 15.5 Å². The largest absolute Gasteiger partial charge is 0.454 e. The fourth-order valence-corrected chi connectivity index (χ4v) is 2.82. The summed E-state index contributed by atoms with van der Waals surface area (Å²) in [6.07, 6.45) is 4.05. The maximum absolute atomic E-state index is 12.0. The van der Waals surface area contributed by atoms with Gasteiger partial charge in [0.2, 0.25) is 18.6 Å². The van der Waals surface area contributed by atoms with Gasteiger partial charge in [-0.25, -0.2) is 0 Å². The Morgan fingerprint density at radius 3 is 2.82 bits per heavy atom. The molecule has 1 aromatic carbocycles. The number of fused-ring (bicyclic) bond motifs is 1. The van der Waals surface area contributed by atoms with Gasteiger partial charge in [0.05, 0.1) is 0 Å². The summed E-state index contributed by atoms with van der Waals surface area (Å²) >= 11 is 0. The molecule has 1 N–H and O–H groups in total. The van der Waals surface area contributed by atoms with Crippen LogP contribution < -0.4 is 14.8 Å². The molecule has 0 saturated heterocycles. The Kier molecular flexibility index (Phi) is 3.17. The monoisotopic (exact) mass is 301 g/mol. The molecule has 1 amide bonds. The number of nitrogens with one attached hydrogen (secondary N) is 1. The SMILES string of the molecule is O=C(Nc1nnc(-c2ccc3c(c2)OCO3)o1)C1CCCC1. The number of carbonyl (C=O) groups is 1. The molecule has 0 atom stereocenters. The number of hydrogen-bond donors (Lipinski definition) is 1. The van der Waals surface area contributed by atoms with E-state index in [1.807, 2.05) is 6.07 Å². The number of rotatable bonds is 3. The van der Waals surface area contributed by atoms with E-state index in [9.17, 15) is 4.79 Å². The van der Waals surface area contributed by atoms with Crippen molar-refractivity contribution in [2.75, 3.05) is 12.1 Å². The predicted octanol–water partition coefficient (Wildman–Crippen LogP) is 2.59. The van der Waals surface area contributed by atoms with E-state index in [4.69, 9.17) is 13.9 Å². The molecule has 1 fully saturated rings. The van der Waals surface area contributed by atoms with Crippen LogP contribution in [0.5, 0.6) is 11.5 Å². The van der Waals surface area contributed by atoms with Crippen LogP contribution in [0.15, 0.2) is 22.6 Å². The first kappa shape index (κ1) is 13.1. The fraction of sp³-hybridized carbons (Fsp3) is 0.400.